The Morgan fingerprint density at radius 3 is 1.95 bits per heavy atom. The molecule has 9 rings (SSSR count). The van der Waals surface area contributed by atoms with Crippen molar-refractivity contribution >= 4 is 0 Å². The Balaban J connectivity index is 1.42. The molecule has 0 radical (unpaired) electrons. The number of fused-ring (bicyclic) bond motifs is 4. The smallest absolute Gasteiger partial charge is 0.455 e. The molecule has 5 heteroatoms. The number of hydrogen-bond donors (Lipinski definition) is 0. The summed E-state index contributed by atoms with van der Waals surface area (Å²) in [5.41, 5.74) is 14.0. The number of benzene rings is 4. The van der Waals surface area contributed by atoms with Gasteiger partial charge in [0.25, 0.3) is 0 Å². The minimum absolute atomic E-state index is 0.585. The van der Waals surface area contributed by atoms with E-state index in [1.54, 1.807) is 0 Å². The Hall–Kier alpha value is -4.90. The average molecular weight is 521 g/mol. The maximum absolute atomic E-state index is 6.64. The molecular formula is C35H28N4O+2. The topological polar surface area (TPSA) is 26.8 Å². The molecule has 6 aromatic rings. The fourth-order valence-corrected chi connectivity index (χ4v) is 7.81. The van der Waals surface area contributed by atoms with Gasteiger partial charge in [0.1, 0.15) is 22.9 Å². The Bertz CT molecular complexity index is 2080. The number of hydrogen-bond acceptors (Lipinski definition) is 1. The first kappa shape index (κ1) is 22.0. The molecule has 0 saturated carbocycles. The zero-order valence-corrected chi connectivity index (χ0v) is 22.9. The van der Waals surface area contributed by atoms with E-state index in [-0.39, 0.29) is 0 Å². The van der Waals surface area contributed by atoms with Gasteiger partial charge < -0.3 is 4.74 Å². The normalized spacial score (nSPS) is 16.8. The fraction of sp³-hybridized carbons (Fsp3) is 0.143. The van der Waals surface area contributed by atoms with Crippen molar-refractivity contribution in [2.75, 3.05) is 0 Å². The van der Waals surface area contributed by atoms with Crippen molar-refractivity contribution in [2.45, 2.75) is 33.4 Å². The first-order valence-electron chi connectivity index (χ1n) is 13.9. The van der Waals surface area contributed by atoms with E-state index < -0.39 is 5.66 Å². The van der Waals surface area contributed by atoms with Crippen LogP contribution in [-0.2, 0) is 5.66 Å². The second-order valence-corrected chi connectivity index (χ2v) is 11.2. The molecule has 1 unspecified atom stereocenters. The Kier molecular flexibility index (Phi) is 3.95. The van der Waals surface area contributed by atoms with Gasteiger partial charge in [0, 0.05) is 19.9 Å². The summed E-state index contributed by atoms with van der Waals surface area (Å²) in [4.78, 5) is 0. The number of nitrogens with zero attached hydrogens (tertiary/aromatic N) is 4. The molecule has 192 valence electrons. The molecule has 4 aromatic carbocycles. The van der Waals surface area contributed by atoms with Gasteiger partial charge in [0.2, 0.25) is 11.4 Å². The monoisotopic (exact) mass is 520 g/mol. The molecule has 1 spiro atoms. The molecule has 0 saturated heterocycles. The van der Waals surface area contributed by atoms with Crippen LogP contribution >= 0.6 is 0 Å². The van der Waals surface area contributed by atoms with Gasteiger partial charge in [-0.1, -0.05) is 60.7 Å². The molecule has 5 heterocycles. The molecule has 0 N–H and O–H groups in total. The molecule has 0 bridgehead atoms. The number of aromatic nitrogens is 4. The molecule has 0 fully saturated rings. The van der Waals surface area contributed by atoms with E-state index >= 15 is 0 Å². The molecule has 2 aromatic heterocycles. The molecular weight excluding hydrogens is 492 g/mol. The van der Waals surface area contributed by atoms with Gasteiger partial charge in [-0.05, 0) is 70.2 Å². The molecule has 3 aliphatic heterocycles. The van der Waals surface area contributed by atoms with Crippen molar-refractivity contribution in [1.29, 1.82) is 0 Å². The van der Waals surface area contributed by atoms with Crippen molar-refractivity contribution in [2.24, 2.45) is 0 Å². The molecule has 3 aliphatic rings. The molecule has 0 amide bonds. The van der Waals surface area contributed by atoms with Crippen molar-refractivity contribution in [3.8, 4) is 45.1 Å². The van der Waals surface area contributed by atoms with Crippen LogP contribution in [0.15, 0.2) is 97.1 Å². The maximum atomic E-state index is 6.64. The molecule has 40 heavy (non-hydrogen) atoms. The van der Waals surface area contributed by atoms with Crippen LogP contribution in [-0.4, -0.2) is 9.36 Å². The van der Waals surface area contributed by atoms with Crippen LogP contribution < -0.4 is 14.1 Å². The van der Waals surface area contributed by atoms with Gasteiger partial charge >= 0.3 is 5.66 Å². The van der Waals surface area contributed by atoms with Gasteiger partial charge in [-0.3, -0.25) is 0 Å². The second kappa shape index (κ2) is 7.19. The minimum Gasteiger partial charge on any atom is -0.455 e. The van der Waals surface area contributed by atoms with E-state index in [1.807, 2.05) is 0 Å². The summed E-state index contributed by atoms with van der Waals surface area (Å²) in [6, 6.07) is 34.8. The lowest BCUT2D eigenvalue weighted by Crippen LogP contribution is -2.76. The highest BCUT2D eigenvalue weighted by Crippen LogP contribution is 2.55. The fourth-order valence-electron chi connectivity index (χ4n) is 7.81. The van der Waals surface area contributed by atoms with Gasteiger partial charge in [-0.2, -0.15) is 0 Å². The van der Waals surface area contributed by atoms with Crippen LogP contribution in [0, 0.1) is 27.7 Å². The standard InChI is InChI=1S/C35H28N4O/c1-21-19-22(2)38-35-33-28(36(21)38)15-9-17-30(33)40-31-18-10-16-29(34(31)35)37-23(3)32(24(4)39(35)37)27-14-8-13-26(20-27)25-11-6-5-7-12-25/h5-20H,1-4H3/q+2. The van der Waals surface area contributed by atoms with Gasteiger partial charge in [0.05, 0.1) is 17.0 Å². The lowest BCUT2D eigenvalue weighted by molar-refractivity contribution is -1.02. The highest BCUT2D eigenvalue weighted by Gasteiger charge is 2.75. The van der Waals surface area contributed by atoms with E-state index in [1.165, 1.54) is 67.5 Å². The van der Waals surface area contributed by atoms with Gasteiger partial charge in [-0.15, -0.1) is 9.36 Å². The van der Waals surface area contributed by atoms with Crippen molar-refractivity contribution in [3.63, 3.8) is 0 Å². The lowest BCUT2D eigenvalue weighted by atomic mass is 9.86. The summed E-state index contributed by atoms with van der Waals surface area (Å²) in [7, 11) is 0. The largest absolute Gasteiger partial charge is 0.469 e. The number of aryl methyl sites for hydroxylation is 2. The predicted octanol–water partition coefficient (Wildman–Crippen LogP) is 6.44. The molecule has 1 atom stereocenters. The van der Waals surface area contributed by atoms with E-state index in [0.29, 0.717) is 0 Å². The van der Waals surface area contributed by atoms with Crippen molar-refractivity contribution in [1.82, 2.24) is 9.36 Å². The number of ether oxygens (including phenoxy) is 1. The van der Waals surface area contributed by atoms with E-state index in [2.05, 4.69) is 143 Å². The minimum atomic E-state index is -0.585. The molecule has 5 nitrogen and oxygen atoms in total. The summed E-state index contributed by atoms with van der Waals surface area (Å²) < 4.78 is 16.5. The van der Waals surface area contributed by atoms with Gasteiger partial charge in [-0.25, -0.2) is 0 Å². The van der Waals surface area contributed by atoms with E-state index in [4.69, 9.17) is 4.74 Å². The van der Waals surface area contributed by atoms with Crippen LogP contribution in [0.1, 0.15) is 33.9 Å². The van der Waals surface area contributed by atoms with E-state index in [9.17, 15) is 0 Å². The summed E-state index contributed by atoms with van der Waals surface area (Å²) >= 11 is 0. The van der Waals surface area contributed by atoms with Crippen LogP contribution in [0.2, 0.25) is 0 Å². The Morgan fingerprint density at radius 2 is 1.23 bits per heavy atom. The summed E-state index contributed by atoms with van der Waals surface area (Å²) in [6.07, 6.45) is 0. The van der Waals surface area contributed by atoms with Crippen LogP contribution in [0.4, 0.5) is 0 Å². The third-order valence-corrected chi connectivity index (χ3v) is 9.10. The Morgan fingerprint density at radius 1 is 0.600 bits per heavy atom. The van der Waals surface area contributed by atoms with Crippen LogP contribution in [0.3, 0.4) is 0 Å². The zero-order valence-electron chi connectivity index (χ0n) is 22.9. The summed E-state index contributed by atoms with van der Waals surface area (Å²) in [5, 5.41) is 0. The first-order chi connectivity index (χ1) is 19.5. The number of rotatable bonds is 2. The van der Waals surface area contributed by atoms with Crippen LogP contribution in [0.25, 0.3) is 33.6 Å². The van der Waals surface area contributed by atoms with Gasteiger partial charge in [0.15, 0.2) is 11.1 Å². The zero-order chi connectivity index (χ0) is 26.9. The summed E-state index contributed by atoms with van der Waals surface area (Å²) in [5.74, 6) is 1.84. The highest BCUT2D eigenvalue weighted by atomic mass is 16.5. The average Bonchev–Trinajstić information content (AvgIpc) is 3.64. The van der Waals surface area contributed by atoms with Crippen LogP contribution in [0.5, 0.6) is 11.5 Å². The third kappa shape index (κ3) is 2.33. The van der Waals surface area contributed by atoms with Crippen molar-refractivity contribution < 1.29 is 14.1 Å². The quantitative estimate of drug-likeness (QED) is 0.241. The molecule has 0 aliphatic carbocycles. The Labute approximate surface area is 232 Å². The highest BCUT2D eigenvalue weighted by molar-refractivity contribution is 5.77. The maximum Gasteiger partial charge on any atom is 0.469 e. The second-order valence-electron chi connectivity index (χ2n) is 11.2. The summed E-state index contributed by atoms with van der Waals surface area (Å²) in [6.45, 7) is 8.95. The van der Waals surface area contributed by atoms with Crippen molar-refractivity contribution in [3.05, 3.63) is 131 Å². The lowest BCUT2D eigenvalue weighted by Gasteiger charge is -2.23. The first-order valence-corrected chi connectivity index (χ1v) is 13.9. The predicted molar refractivity (Wildman–Crippen MR) is 153 cm³/mol. The van der Waals surface area contributed by atoms with E-state index in [0.717, 1.165) is 11.5 Å². The SMILES string of the molecule is Cc1cc(C)[n+]2n1-c1cccc3c1C21c2c(cccc2-n2c(C)c(-c4cccc(-c5ccccc5)c4)c(C)[n+]21)O3. The third-order valence-electron chi connectivity index (χ3n) is 9.10.